The number of methoxy groups -OCH3 is 1. The number of ether oxygens (including phenoxy) is 2. The van der Waals surface area contributed by atoms with Crippen molar-refractivity contribution in [3.8, 4) is 5.75 Å². The minimum absolute atomic E-state index is 0.0397. The number of hydrogen-bond acceptors (Lipinski definition) is 5. The molecule has 1 heterocycles. The summed E-state index contributed by atoms with van der Waals surface area (Å²) in [6.45, 7) is 4.09. The lowest BCUT2D eigenvalue weighted by Crippen LogP contribution is -2.19. The van der Waals surface area contributed by atoms with Crippen LogP contribution in [0.3, 0.4) is 0 Å². The summed E-state index contributed by atoms with van der Waals surface area (Å²) >= 11 is 0. The summed E-state index contributed by atoms with van der Waals surface area (Å²) in [5.74, 6) is 0.953. The molecule has 1 unspecified atom stereocenters. The number of aliphatic hydroxyl groups is 2. The van der Waals surface area contributed by atoms with Gasteiger partial charge in [-0.05, 0) is 24.3 Å². The zero-order chi connectivity index (χ0) is 20.3. The largest absolute Gasteiger partial charge is 0.489 e. The summed E-state index contributed by atoms with van der Waals surface area (Å²) in [7, 11) is 1.41. The van der Waals surface area contributed by atoms with Crippen LogP contribution in [0.25, 0.3) is 0 Å². The van der Waals surface area contributed by atoms with Crippen molar-refractivity contribution >= 4 is 5.97 Å². The van der Waals surface area contributed by atoms with E-state index in [1.54, 1.807) is 0 Å². The molecule has 2 N–H and O–H groups in total. The number of benzene rings is 1. The first kappa shape index (κ1) is 20.9. The standard InChI is InChI=1S/C23H32O5/c1-4-14(2)18(24)12-11-16-19(25)13-20-22(16)17-9-5-7-15(23(17)28-20)8-6-10-21(26)27-3/h5,7,9,11-12,14,16,18-20,22,24-25H,4,6,8,10,13H2,1-3H3/b12-11+/t14?,16-,18+,19+,20-,22-/m0/s1. The molecule has 0 saturated heterocycles. The van der Waals surface area contributed by atoms with Gasteiger partial charge < -0.3 is 19.7 Å². The van der Waals surface area contributed by atoms with Crippen molar-refractivity contribution in [3.63, 3.8) is 0 Å². The Morgan fingerprint density at radius 3 is 2.93 bits per heavy atom. The van der Waals surface area contributed by atoms with E-state index < -0.39 is 12.2 Å². The van der Waals surface area contributed by atoms with E-state index in [-0.39, 0.29) is 29.8 Å². The molecule has 1 aromatic rings. The van der Waals surface area contributed by atoms with Gasteiger partial charge in [-0.2, -0.15) is 0 Å². The predicted molar refractivity (Wildman–Crippen MR) is 107 cm³/mol. The predicted octanol–water partition coefficient (Wildman–Crippen LogP) is 3.37. The Balaban J connectivity index is 1.75. The molecule has 0 radical (unpaired) electrons. The molecule has 2 aliphatic rings. The molecule has 1 saturated carbocycles. The number of hydrogen-bond donors (Lipinski definition) is 2. The van der Waals surface area contributed by atoms with Gasteiger partial charge in [0.05, 0.1) is 19.3 Å². The molecular formula is C23H32O5. The molecule has 1 fully saturated rings. The van der Waals surface area contributed by atoms with Crippen LogP contribution in [-0.2, 0) is 16.0 Å². The van der Waals surface area contributed by atoms with Crippen molar-refractivity contribution in [1.82, 2.24) is 0 Å². The highest BCUT2D eigenvalue weighted by Gasteiger charge is 2.48. The Hall–Kier alpha value is -1.85. The zero-order valence-corrected chi connectivity index (χ0v) is 17.0. The maximum atomic E-state index is 11.4. The summed E-state index contributed by atoms with van der Waals surface area (Å²) in [5.41, 5.74) is 2.23. The number of para-hydroxylation sites is 1. The molecular weight excluding hydrogens is 356 g/mol. The molecule has 5 heteroatoms. The van der Waals surface area contributed by atoms with Gasteiger partial charge in [-0.3, -0.25) is 4.79 Å². The van der Waals surface area contributed by atoms with Crippen molar-refractivity contribution < 1.29 is 24.5 Å². The molecule has 1 aliphatic carbocycles. The number of carbonyl (C=O) groups excluding carboxylic acids is 1. The summed E-state index contributed by atoms with van der Waals surface area (Å²) in [5, 5.41) is 20.8. The lowest BCUT2D eigenvalue weighted by atomic mass is 9.86. The second-order valence-electron chi connectivity index (χ2n) is 8.09. The van der Waals surface area contributed by atoms with E-state index in [9.17, 15) is 15.0 Å². The van der Waals surface area contributed by atoms with Gasteiger partial charge in [0.15, 0.2) is 0 Å². The fourth-order valence-corrected chi connectivity index (χ4v) is 4.36. The first-order chi connectivity index (χ1) is 13.5. The molecule has 0 bridgehead atoms. The fourth-order valence-electron chi connectivity index (χ4n) is 4.36. The highest BCUT2D eigenvalue weighted by Crippen LogP contribution is 2.52. The van der Waals surface area contributed by atoms with Crippen molar-refractivity contribution in [3.05, 3.63) is 41.5 Å². The molecule has 28 heavy (non-hydrogen) atoms. The van der Waals surface area contributed by atoms with Crippen LogP contribution in [-0.4, -0.2) is 41.6 Å². The smallest absolute Gasteiger partial charge is 0.305 e. The van der Waals surface area contributed by atoms with Crippen LogP contribution in [0.5, 0.6) is 5.75 Å². The second-order valence-corrected chi connectivity index (χ2v) is 8.09. The normalized spacial score (nSPS) is 27.9. The number of aryl methyl sites for hydroxylation is 1. The van der Waals surface area contributed by atoms with Gasteiger partial charge in [0, 0.05) is 30.2 Å². The highest BCUT2D eigenvalue weighted by atomic mass is 16.5. The van der Waals surface area contributed by atoms with Crippen LogP contribution >= 0.6 is 0 Å². The van der Waals surface area contributed by atoms with Crippen LogP contribution in [0.2, 0.25) is 0 Å². The number of fused-ring (bicyclic) bond motifs is 3. The second kappa shape index (κ2) is 9.10. The molecule has 0 amide bonds. The molecule has 1 aliphatic heterocycles. The number of carbonyl (C=O) groups is 1. The third-order valence-corrected chi connectivity index (χ3v) is 6.30. The average Bonchev–Trinajstić information content (AvgIpc) is 3.20. The minimum atomic E-state index is -0.498. The van der Waals surface area contributed by atoms with Crippen LogP contribution < -0.4 is 4.74 Å². The Kier molecular flexibility index (Phi) is 6.78. The van der Waals surface area contributed by atoms with Gasteiger partial charge in [0.25, 0.3) is 0 Å². The Morgan fingerprint density at radius 2 is 2.21 bits per heavy atom. The van der Waals surface area contributed by atoms with Gasteiger partial charge in [0.1, 0.15) is 11.9 Å². The van der Waals surface area contributed by atoms with Crippen molar-refractivity contribution in [2.45, 2.75) is 70.2 Å². The van der Waals surface area contributed by atoms with Gasteiger partial charge in [-0.1, -0.05) is 50.6 Å². The summed E-state index contributed by atoms with van der Waals surface area (Å²) in [6.07, 6.45) is 6.18. The van der Waals surface area contributed by atoms with Crippen LogP contribution in [0.1, 0.15) is 56.6 Å². The van der Waals surface area contributed by atoms with E-state index in [4.69, 9.17) is 9.47 Å². The maximum Gasteiger partial charge on any atom is 0.305 e. The van der Waals surface area contributed by atoms with E-state index in [0.29, 0.717) is 12.8 Å². The van der Waals surface area contributed by atoms with Crippen molar-refractivity contribution in [2.24, 2.45) is 11.8 Å². The Morgan fingerprint density at radius 1 is 1.43 bits per heavy atom. The first-order valence-electron chi connectivity index (χ1n) is 10.4. The lowest BCUT2D eigenvalue weighted by molar-refractivity contribution is -0.140. The molecule has 0 spiro atoms. The quantitative estimate of drug-likeness (QED) is 0.527. The monoisotopic (exact) mass is 388 g/mol. The number of aliphatic hydroxyl groups excluding tert-OH is 2. The number of esters is 1. The Labute approximate surface area is 167 Å². The van der Waals surface area contributed by atoms with E-state index in [1.807, 2.05) is 31.2 Å². The molecule has 6 atom stereocenters. The fraction of sp³-hybridized carbons (Fsp3) is 0.609. The van der Waals surface area contributed by atoms with Gasteiger partial charge >= 0.3 is 5.97 Å². The third-order valence-electron chi connectivity index (χ3n) is 6.30. The molecule has 154 valence electrons. The third kappa shape index (κ3) is 4.26. The number of rotatable bonds is 8. The van der Waals surface area contributed by atoms with Crippen LogP contribution in [0.4, 0.5) is 0 Å². The molecule has 5 nitrogen and oxygen atoms in total. The Bertz CT molecular complexity index is 713. The molecule has 0 aromatic heterocycles. The van der Waals surface area contributed by atoms with Crippen molar-refractivity contribution in [2.75, 3.05) is 7.11 Å². The zero-order valence-electron chi connectivity index (χ0n) is 17.0. The lowest BCUT2D eigenvalue weighted by Gasteiger charge is -2.19. The van der Waals surface area contributed by atoms with Gasteiger partial charge in [-0.25, -0.2) is 0 Å². The molecule has 3 rings (SSSR count). The van der Waals surface area contributed by atoms with E-state index in [2.05, 4.69) is 13.0 Å². The summed E-state index contributed by atoms with van der Waals surface area (Å²) in [6, 6.07) is 6.15. The van der Waals surface area contributed by atoms with E-state index in [0.717, 1.165) is 36.1 Å². The van der Waals surface area contributed by atoms with Crippen molar-refractivity contribution in [1.29, 1.82) is 0 Å². The first-order valence-corrected chi connectivity index (χ1v) is 10.4. The average molecular weight is 389 g/mol. The molecule has 1 aromatic carbocycles. The maximum absolute atomic E-state index is 11.4. The topological polar surface area (TPSA) is 76.0 Å². The van der Waals surface area contributed by atoms with E-state index in [1.165, 1.54) is 7.11 Å². The van der Waals surface area contributed by atoms with Crippen LogP contribution in [0.15, 0.2) is 30.4 Å². The van der Waals surface area contributed by atoms with E-state index >= 15 is 0 Å². The van der Waals surface area contributed by atoms with Crippen LogP contribution in [0, 0.1) is 11.8 Å². The SMILES string of the molecule is CCC(C)[C@H](O)/C=C/[C@@H]1[C@H]2c3cccc(CCCC(=O)OC)c3O[C@H]2C[C@H]1O. The summed E-state index contributed by atoms with van der Waals surface area (Å²) in [4.78, 5) is 11.4. The minimum Gasteiger partial charge on any atom is -0.489 e. The van der Waals surface area contributed by atoms with Gasteiger partial charge in [0.2, 0.25) is 0 Å². The highest BCUT2D eigenvalue weighted by molar-refractivity contribution is 5.69. The van der Waals surface area contributed by atoms with Gasteiger partial charge in [-0.15, -0.1) is 0 Å². The summed E-state index contributed by atoms with van der Waals surface area (Å²) < 4.78 is 11.0.